The van der Waals surface area contributed by atoms with E-state index in [9.17, 15) is 5.11 Å². The van der Waals surface area contributed by atoms with Gasteiger partial charge in [-0.3, -0.25) is 4.99 Å². The van der Waals surface area contributed by atoms with Gasteiger partial charge in [0.2, 0.25) is 5.88 Å². The van der Waals surface area contributed by atoms with Crippen LogP contribution >= 0.6 is 0 Å². The van der Waals surface area contributed by atoms with Gasteiger partial charge in [-0.15, -0.1) is 0 Å². The SMILES string of the molecule is Cc1ccc(-c2nc(O)c(C(=NCc3ccccc3)NCc3ccccc3)[nH]2)cc1. The molecule has 0 aliphatic carbocycles. The summed E-state index contributed by atoms with van der Waals surface area (Å²) in [6, 6.07) is 28.1. The fraction of sp³-hybridized carbons (Fsp3) is 0.120. The number of benzene rings is 3. The Labute approximate surface area is 176 Å². The van der Waals surface area contributed by atoms with Crippen molar-refractivity contribution in [1.82, 2.24) is 15.3 Å². The molecule has 5 heteroatoms. The van der Waals surface area contributed by atoms with Gasteiger partial charge in [0.1, 0.15) is 11.5 Å². The second kappa shape index (κ2) is 9.09. The Morgan fingerprint density at radius 1 is 0.900 bits per heavy atom. The maximum Gasteiger partial charge on any atom is 0.241 e. The summed E-state index contributed by atoms with van der Waals surface area (Å²) in [5, 5.41) is 13.9. The number of rotatable bonds is 6. The molecule has 3 N–H and O–H groups in total. The Morgan fingerprint density at radius 2 is 1.53 bits per heavy atom. The molecule has 3 aromatic carbocycles. The number of aromatic nitrogens is 2. The van der Waals surface area contributed by atoms with Crippen LogP contribution in [-0.2, 0) is 13.1 Å². The van der Waals surface area contributed by atoms with Gasteiger partial charge < -0.3 is 15.4 Å². The molecule has 0 unspecified atom stereocenters. The molecule has 0 spiro atoms. The van der Waals surface area contributed by atoms with Crippen molar-refractivity contribution in [3.8, 4) is 17.3 Å². The van der Waals surface area contributed by atoms with E-state index in [1.54, 1.807) is 0 Å². The predicted molar refractivity (Wildman–Crippen MR) is 120 cm³/mol. The summed E-state index contributed by atoms with van der Waals surface area (Å²) < 4.78 is 0. The molecule has 0 saturated heterocycles. The zero-order valence-corrected chi connectivity index (χ0v) is 16.8. The maximum atomic E-state index is 10.5. The number of aryl methyl sites for hydroxylation is 1. The van der Waals surface area contributed by atoms with Crippen LogP contribution in [0.4, 0.5) is 0 Å². The minimum absolute atomic E-state index is 0.0713. The average Bonchev–Trinajstić information content (AvgIpc) is 3.17. The molecule has 0 fully saturated rings. The van der Waals surface area contributed by atoms with Gasteiger partial charge in [0.15, 0.2) is 5.84 Å². The van der Waals surface area contributed by atoms with E-state index >= 15 is 0 Å². The lowest BCUT2D eigenvalue weighted by atomic mass is 10.1. The normalized spacial score (nSPS) is 11.4. The summed E-state index contributed by atoms with van der Waals surface area (Å²) in [6.07, 6.45) is 0. The summed E-state index contributed by atoms with van der Waals surface area (Å²) in [6.45, 7) is 3.12. The molecule has 5 nitrogen and oxygen atoms in total. The molecular formula is C25H24N4O. The number of aliphatic imine (C=N–C) groups is 1. The van der Waals surface area contributed by atoms with E-state index < -0.39 is 0 Å². The number of nitrogens with zero attached hydrogens (tertiary/aromatic N) is 2. The van der Waals surface area contributed by atoms with Crippen LogP contribution in [0.3, 0.4) is 0 Å². The van der Waals surface area contributed by atoms with Crippen molar-refractivity contribution in [3.05, 3.63) is 107 Å². The third-order valence-electron chi connectivity index (χ3n) is 4.81. The number of aromatic amines is 1. The molecule has 30 heavy (non-hydrogen) atoms. The first-order valence-corrected chi connectivity index (χ1v) is 9.91. The van der Waals surface area contributed by atoms with Gasteiger partial charge in [0, 0.05) is 12.1 Å². The Morgan fingerprint density at radius 3 is 2.20 bits per heavy atom. The molecule has 0 atom stereocenters. The number of aromatic hydroxyl groups is 1. The molecule has 150 valence electrons. The summed E-state index contributed by atoms with van der Waals surface area (Å²) in [5.74, 6) is 1.11. The predicted octanol–water partition coefficient (Wildman–Crippen LogP) is 4.83. The highest BCUT2D eigenvalue weighted by molar-refractivity contribution is 5.99. The second-order valence-corrected chi connectivity index (χ2v) is 7.14. The van der Waals surface area contributed by atoms with Crippen LogP contribution in [0.2, 0.25) is 0 Å². The van der Waals surface area contributed by atoms with Gasteiger partial charge in [-0.05, 0) is 18.1 Å². The summed E-state index contributed by atoms with van der Waals surface area (Å²) in [4.78, 5) is 12.3. The number of imidazole rings is 1. The van der Waals surface area contributed by atoms with Crippen molar-refractivity contribution < 1.29 is 5.11 Å². The maximum absolute atomic E-state index is 10.5. The Balaban J connectivity index is 1.63. The topological polar surface area (TPSA) is 73.3 Å². The molecule has 4 aromatic rings. The highest BCUT2D eigenvalue weighted by atomic mass is 16.3. The van der Waals surface area contributed by atoms with Crippen molar-refractivity contribution in [2.45, 2.75) is 20.0 Å². The van der Waals surface area contributed by atoms with E-state index in [-0.39, 0.29) is 5.88 Å². The third-order valence-corrected chi connectivity index (χ3v) is 4.81. The first-order chi connectivity index (χ1) is 14.7. The van der Waals surface area contributed by atoms with Crippen LogP contribution < -0.4 is 5.32 Å². The molecule has 1 heterocycles. The van der Waals surface area contributed by atoms with Crippen molar-refractivity contribution in [2.75, 3.05) is 0 Å². The number of amidine groups is 1. The highest BCUT2D eigenvalue weighted by Crippen LogP contribution is 2.23. The number of hydrogen-bond acceptors (Lipinski definition) is 3. The van der Waals surface area contributed by atoms with Crippen molar-refractivity contribution in [1.29, 1.82) is 0 Å². The zero-order chi connectivity index (χ0) is 20.8. The molecule has 1 aromatic heterocycles. The zero-order valence-electron chi connectivity index (χ0n) is 16.8. The number of nitrogens with one attached hydrogen (secondary N) is 2. The quantitative estimate of drug-likeness (QED) is 0.323. The fourth-order valence-electron chi connectivity index (χ4n) is 3.14. The van der Waals surface area contributed by atoms with E-state index in [1.165, 1.54) is 5.56 Å². The molecule has 0 aliphatic rings. The standard InChI is InChI=1S/C25H24N4O/c1-18-12-14-21(15-13-18)23-28-22(25(30)29-23)24(26-16-19-8-4-2-5-9-19)27-17-20-10-6-3-7-11-20/h2-15,30H,16-17H2,1H3,(H,26,27)(H,28,29). The second-order valence-electron chi connectivity index (χ2n) is 7.14. The molecule has 0 saturated carbocycles. The molecule has 0 amide bonds. The van der Waals surface area contributed by atoms with Gasteiger partial charge >= 0.3 is 0 Å². The largest absolute Gasteiger partial charge is 0.492 e. The van der Waals surface area contributed by atoms with Gasteiger partial charge in [-0.1, -0.05) is 90.5 Å². The van der Waals surface area contributed by atoms with E-state index in [4.69, 9.17) is 4.99 Å². The summed E-state index contributed by atoms with van der Waals surface area (Å²) in [7, 11) is 0. The van der Waals surface area contributed by atoms with E-state index in [2.05, 4.69) is 15.3 Å². The number of H-pyrrole nitrogens is 1. The van der Waals surface area contributed by atoms with Crippen LogP contribution in [0.5, 0.6) is 5.88 Å². The molecule has 0 bridgehead atoms. The third kappa shape index (κ3) is 4.75. The van der Waals surface area contributed by atoms with Crippen molar-refractivity contribution in [2.24, 2.45) is 4.99 Å². The van der Waals surface area contributed by atoms with E-state index in [0.29, 0.717) is 30.4 Å². The van der Waals surface area contributed by atoms with Crippen LogP contribution in [-0.4, -0.2) is 20.9 Å². The van der Waals surface area contributed by atoms with Crippen molar-refractivity contribution in [3.63, 3.8) is 0 Å². The Bertz CT molecular complexity index is 1120. The van der Waals surface area contributed by atoms with E-state index in [0.717, 1.165) is 16.7 Å². The van der Waals surface area contributed by atoms with E-state index in [1.807, 2.05) is 91.9 Å². The van der Waals surface area contributed by atoms with Gasteiger partial charge in [-0.2, -0.15) is 4.98 Å². The Kier molecular flexibility index (Phi) is 5.90. The minimum Gasteiger partial charge on any atom is -0.492 e. The number of hydrogen-bond donors (Lipinski definition) is 3. The first-order valence-electron chi connectivity index (χ1n) is 9.91. The van der Waals surface area contributed by atoms with Crippen molar-refractivity contribution >= 4 is 5.84 Å². The van der Waals surface area contributed by atoms with Gasteiger partial charge in [-0.25, -0.2) is 0 Å². The smallest absolute Gasteiger partial charge is 0.241 e. The van der Waals surface area contributed by atoms with Gasteiger partial charge in [0.25, 0.3) is 0 Å². The first kappa shape index (κ1) is 19.5. The summed E-state index contributed by atoms with van der Waals surface area (Å²) in [5.41, 5.74) is 4.78. The lowest BCUT2D eigenvalue weighted by molar-refractivity contribution is 0.455. The van der Waals surface area contributed by atoms with Crippen LogP contribution in [0.25, 0.3) is 11.4 Å². The summed E-state index contributed by atoms with van der Waals surface area (Å²) >= 11 is 0. The fourth-order valence-corrected chi connectivity index (χ4v) is 3.14. The molecule has 4 rings (SSSR count). The molecule has 0 radical (unpaired) electrons. The van der Waals surface area contributed by atoms with Crippen LogP contribution in [0.1, 0.15) is 22.4 Å². The van der Waals surface area contributed by atoms with Crippen LogP contribution in [0.15, 0.2) is 89.9 Å². The molecular weight excluding hydrogens is 372 g/mol. The highest BCUT2D eigenvalue weighted by Gasteiger charge is 2.16. The lowest BCUT2D eigenvalue weighted by Crippen LogP contribution is -2.25. The monoisotopic (exact) mass is 396 g/mol. The van der Waals surface area contributed by atoms with Crippen LogP contribution in [0, 0.1) is 6.92 Å². The lowest BCUT2D eigenvalue weighted by Gasteiger charge is -2.09. The van der Waals surface area contributed by atoms with Gasteiger partial charge in [0.05, 0.1) is 6.54 Å². The molecule has 0 aliphatic heterocycles. The average molecular weight is 396 g/mol. The Hall–Kier alpha value is -3.86. The minimum atomic E-state index is -0.0713.